The molecule has 3 aromatic rings. The molecule has 6 heteroatoms. The summed E-state index contributed by atoms with van der Waals surface area (Å²) in [6.07, 6.45) is 0. The molecule has 0 atom stereocenters. The van der Waals surface area contributed by atoms with Gasteiger partial charge in [0.05, 0.1) is 18.4 Å². The van der Waals surface area contributed by atoms with E-state index < -0.39 is 0 Å². The maximum Gasteiger partial charge on any atom is 0.159 e. The second-order valence-electron chi connectivity index (χ2n) is 5.36. The van der Waals surface area contributed by atoms with Crippen LogP contribution in [0.5, 0.6) is 11.5 Å². The van der Waals surface area contributed by atoms with Gasteiger partial charge in [-0.25, -0.2) is 4.98 Å². The molecule has 1 aromatic heterocycles. The zero-order valence-corrected chi connectivity index (χ0v) is 16.2. The van der Waals surface area contributed by atoms with Crippen molar-refractivity contribution < 1.29 is 14.3 Å². The number of ether oxygens (including phenoxy) is 2. The van der Waals surface area contributed by atoms with E-state index in [-0.39, 0.29) is 5.78 Å². The topological polar surface area (TPSA) is 48.4 Å². The molecule has 0 unspecified atom stereocenters. The minimum Gasteiger partial charge on any atom is -0.496 e. The highest BCUT2D eigenvalue weighted by Gasteiger charge is 2.11. The van der Waals surface area contributed by atoms with Crippen LogP contribution in [0.15, 0.2) is 52.3 Å². The van der Waals surface area contributed by atoms with E-state index in [4.69, 9.17) is 9.47 Å². The first kappa shape index (κ1) is 17.6. The molecule has 0 amide bonds. The summed E-state index contributed by atoms with van der Waals surface area (Å²) in [5.41, 5.74) is 2.46. The Morgan fingerprint density at radius 1 is 1.20 bits per heavy atom. The minimum atomic E-state index is 0.0404. The highest BCUT2D eigenvalue weighted by Crippen LogP contribution is 2.34. The van der Waals surface area contributed by atoms with E-state index in [0.717, 1.165) is 26.5 Å². The standard InChI is InChI=1S/C19H16BrNO3S/c1-12(22)13-3-6-16(7-4-13)24-10-15-11-25-19(21-15)17-9-14(20)5-8-18(17)23-2/h3-9,11H,10H2,1-2H3. The number of hydrogen-bond acceptors (Lipinski definition) is 5. The predicted molar refractivity (Wildman–Crippen MR) is 103 cm³/mol. The van der Waals surface area contributed by atoms with E-state index in [1.165, 1.54) is 0 Å². The zero-order valence-electron chi connectivity index (χ0n) is 13.8. The Morgan fingerprint density at radius 2 is 1.96 bits per heavy atom. The summed E-state index contributed by atoms with van der Waals surface area (Å²) in [6, 6.07) is 12.9. The Labute approximate surface area is 158 Å². The first-order chi connectivity index (χ1) is 12.1. The van der Waals surface area contributed by atoms with Gasteiger partial charge in [-0.1, -0.05) is 15.9 Å². The van der Waals surface area contributed by atoms with Crippen LogP contribution in [0.4, 0.5) is 0 Å². The van der Waals surface area contributed by atoms with Crippen LogP contribution in [-0.2, 0) is 6.61 Å². The molecule has 3 rings (SSSR count). The highest BCUT2D eigenvalue weighted by molar-refractivity contribution is 9.10. The van der Waals surface area contributed by atoms with Gasteiger partial charge in [-0.05, 0) is 49.4 Å². The van der Waals surface area contributed by atoms with Crippen LogP contribution >= 0.6 is 27.3 Å². The Bertz CT molecular complexity index is 890. The third kappa shape index (κ3) is 4.27. The number of hydrogen-bond donors (Lipinski definition) is 0. The molecule has 25 heavy (non-hydrogen) atoms. The van der Waals surface area contributed by atoms with Crippen molar-refractivity contribution in [2.45, 2.75) is 13.5 Å². The lowest BCUT2D eigenvalue weighted by Crippen LogP contribution is -1.97. The number of nitrogens with zero attached hydrogens (tertiary/aromatic N) is 1. The number of benzene rings is 2. The van der Waals surface area contributed by atoms with Crippen molar-refractivity contribution in [1.29, 1.82) is 0 Å². The normalized spacial score (nSPS) is 10.5. The maximum atomic E-state index is 11.3. The molecule has 0 fully saturated rings. The molecule has 0 radical (unpaired) electrons. The van der Waals surface area contributed by atoms with E-state index in [1.54, 1.807) is 49.6 Å². The number of rotatable bonds is 6. The summed E-state index contributed by atoms with van der Waals surface area (Å²) in [4.78, 5) is 15.9. The van der Waals surface area contributed by atoms with Crippen LogP contribution in [0, 0.1) is 0 Å². The van der Waals surface area contributed by atoms with E-state index in [1.807, 2.05) is 23.6 Å². The average Bonchev–Trinajstić information content (AvgIpc) is 3.09. The van der Waals surface area contributed by atoms with Crippen LogP contribution < -0.4 is 9.47 Å². The molecule has 128 valence electrons. The molecule has 0 saturated heterocycles. The largest absolute Gasteiger partial charge is 0.496 e. The lowest BCUT2D eigenvalue weighted by Gasteiger charge is -2.06. The lowest BCUT2D eigenvalue weighted by atomic mass is 10.1. The molecule has 0 aliphatic carbocycles. The molecular formula is C19H16BrNO3S. The van der Waals surface area contributed by atoms with Crippen molar-refractivity contribution in [2.75, 3.05) is 7.11 Å². The predicted octanol–water partition coefficient (Wildman–Crippen LogP) is 5.36. The molecule has 2 aromatic carbocycles. The van der Waals surface area contributed by atoms with Crippen LogP contribution in [0.3, 0.4) is 0 Å². The molecule has 0 spiro atoms. The number of carbonyl (C=O) groups is 1. The van der Waals surface area contributed by atoms with Gasteiger partial charge in [0.15, 0.2) is 5.78 Å². The summed E-state index contributed by atoms with van der Waals surface area (Å²) >= 11 is 5.03. The fraction of sp³-hybridized carbons (Fsp3) is 0.158. The van der Waals surface area contributed by atoms with Crippen LogP contribution in [0.1, 0.15) is 23.0 Å². The van der Waals surface area contributed by atoms with Gasteiger partial charge in [-0.15, -0.1) is 11.3 Å². The van der Waals surface area contributed by atoms with Crippen molar-refractivity contribution in [2.24, 2.45) is 0 Å². The van der Waals surface area contributed by atoms with Gasteiger partial charge >= 0.3 is 0 Å². The zero-order chi connectivity index (χ0) is 17.8. The molecule has 4 nitrogen and oxygen atoms in total. The van der Waals surface area contributed by atoms with Crippen molar-refractivity contribution in [1.82, 2.24) is 4.98 Å². The molecule has 0 aliphatic rings. The van der Waals surface area contributed by atoms with Gasteiger partial charge in [0.25, 0.3) is 0 Å². The number of Topliss-reactive ketones (excluding diaryl/α,β-unsaturated/α-hetero) is 1. The summed E-state index contributed by atoms with van der Waals surface area (Å²) in [6.45, 7) is 1.91. The van der Waals surface area contributed by atoms with Gasteiger partial charge in [-0.3, -0.25) is 4.79 Å². The van der Waals surface area contributed by atoms with E-state index in [9.17, 15) is 4.79 Å². The van der Waals surface area contributed by atoms with E-state index >= 15 is 0 Å². The number of carbonyl (C=O) groups excluding carboxylic acids is 1. The van der Waals surface area contributed by atoms with Crippen LogP contribution in [0.25, 0.3) is 10.6 Å². The summed E-state index contributed by atoms with van der Waals surface area (Å²) in [5.74, 6) is 1.53. The second kappa shape index (κ2) is 7.80. The van der Waals surface area contributed by atoms with Gasteiger partial charge < -0.3 is 9.47 Å². The first-order valence-electron chi connectivity index (χ1n) is 7.59. The maximum absolute atomic E-state index is 11.3. The van der Waals surface area contributed by atoms with Gasteiger partial charge in [-0.2, -0.15) is 0 Å². The third-order valence-electron chi connectivity index (χ3n) is 3.59. The quantitative estimate of drug-likeness (QED) is 0.506. The molecular weight excluding hydrogens is 402 g/mol. The Kier molecular flexibility index (Phi) is 5.50. The van der Waals surface area contributed by atoms with Gasteiger partial charge in [0.2, 0.25) is 0 Å². The molecule has 0 bridgehead atoms. The fourth-order valence-electron chi connectivity index (χ4n) is 2.29. The van der Waals surface area contributed by atoms with Crippen LogP contribution in [-0.4, -0.2) is 17.9 Å². The number of ketones is 1. The lowest BCUT2D eigenvalue weighted by molar-refractivity contribution is 0.101. The summed E-state index contributed by atoms with van der Waals surface area (Å²) in [5, 5.41) is 2.85. The monoisotopic (exact) mass is 417 g/mol. The third-order valence-corrected chi connectivity index (χ3v) is 5.01. The Balaban J connectivity index is 1.72. The number of aromatic nitrogens is 1. The molecule has 0 saturated carbocycles. The van der Waals surface area contributed by atoms with Crippen molar-refractivity contribution >= 4 is 33.0 Å². The van der Waals surface area contributed by atoms with Crippen molar-refractivity contribution in [3.05, 3.63) is 63.6 Å². The minimum absolute atomic E-state index is 0.0404. The average molecular weight is 418 g/mol. The highest BCUT2D eigenvalue weighted by atomic mass is 79.9. The van der Waals surface area contributed by atoms with Gasteiger partial charge in [0.1, 0.15) is 23.1 Å². The number of methoxy groups -OCH3 is 1. The molecule has 0 N–H and O–H groups in total. The number of thiazole rings is 1. The molecule has 1 heterocycles. The van der Waals surface area contributed by atoms with Gasteiger partial charge in [0, 0.05) is 15.4 Å². The summed E-state index contributed by atoms with van der Waals surface area (Å²) in [7, 11) is 1.65. The fourth-order valence-corrected chi connectivity index (χ4v) is 3.47. The van der Waals surface area contributed by atoms with E-state index in [0.29, 0.717) is 17.9 Å². The number of halogens is 1. The Morgan fingerprint density at radius 3 is 2.64 bits per heavy atom. The smallest absolute Gasteiger partial charge is 0.159 e. The second-order valence-corrected chi connectivity index (χ2v) is 7.13. The van der Waals surface area contributed by atoms with E-state index in [2.05, 4.69) is 20.9 Å². The van der Waals surface area contributed by atoms with Crippen molar-refractivity contribution in [3.63, 3.8) is 0 Å². The van der Waals surface area contributed by atoms with Crippen molar-refractivity contribution in [3.8, 4) is 22.1 Å². The Hall–Kier alpha value is -2.18. The first-order valence-corrected chi connectivity index (χ1v) is 9.26. The SMILES string of the molecule is COc1ccc(Br)cc1-c1nc(COc2ccc(C(C)=O)cc2)cs1. The van der Waals surface area contributed by atoms with Crippen LogP contribution in [0.2, 0.25) is 0 Å². The summed E-state index contributed by atoms with van der Waals surface area (Å²) < 4.78 is 12.1. The molecule has 0 aliphatic heterocycles.